The Morgan fingerprint density at radius 2 is 1.93 bits per heavy atom. The maximum absolute atomic E-state index is 11.6. The molecule has 2 aromatic carbocycles. The molecule has 1 saturated heterocycles. The Hall–Kier alpha value is -3.01. The quantitative estimate of drug-likeness (QED) is 0.526. The van der Waals surface area contributed by atoms with Crippen LogP contribution in [0.15, 0.2) is 53.4 Å². The van der Waals surface area contributed by atoms with Gasteiger partial charge in [0.2, 0.25) is 5.28 Å². The Bertz CT molecular complexity index is 1150. The van der Waals surface area contributed by atoms with Crippen molar-refractivity contribution in [2.24, 2.45) is 0 Å². The van der Waals surface area contributed by atoms with E-state index in [4.69, 9.17) is 11.6 Å². The number of carbonyl (C=O) groups is 2. The highest BCUT2D eigenvalue weighted by Gasteiger charge is 2.24. The fourth-order valence-electron chi connectivity index (χ4n) is 2.65. The summed E-state index contributed by atoms with van der Waals surface area (Å²) >= 11 is 7.09. The SMILES string of the molecule is O=C1NC(=O)C(=Cc2ccc(C#CCn3c(Cl)nc4ccccc43)cc2)S1. The maximum Gasteiger partial charge on any atom is 0.290 e. The number of benzene rings is 2. The van der Waals surface area contributed by atoms with Gasteiger partial charge in [-0.1, -0.05) is 36.1 Å². The molecule has 4 rings (SSSR count). The van der Waals surface area contributed by atoms with Gasteiger partial charge in [0.1, 0.15) is 0 Å². The van der Waals surface area contributed by atoms with E-state index in [-0.39, 0.29) is 11.1 Å². The van der Waals surface area contributed by atoms with E-state index in [9.17, 15) is 9.59 Å². The molecule has 1 aliphatic rings. The number of amides is 2. The molecule has 3 aromatic rings. The summed E-state index contributed by atoms with van der Waals surface area (Å²) in [5.74, 6) is 5.84. The molecule has 0 radical (unpaired) electrons. The highest BCUT2D eigenvalue weighted by molar-refractivity contribution is 8.18. The van der Waals surface area contributed by atoms with Crippen molar-refractivity contribution < 1.29 is 9.59 Å². The van der Waals surface area contributed by atoms with Crippen LogP contribution in [0.3, 0.4) is 0 Å². The summed E-state index contributed by atoms with van der Waals surface area (Å²) < 4.78 is 1.86. The Morgan fingerprint density at radius 3 is 2.67 bits per heavy atom. The summed E-state index contributed by atoms with van der Waals surface area (Å²) in [5, 5.41) is 2.30. The van der Waals surface area contributed by atoms with Gasteiger partial charge in [0.15, 0.2) is 0 Å². The average molecular weight is 394 g/mol. The van der Waals surface area contributed by atoms with Crippen LogP contribution in [0.2, 0.25) is 5.28 Å². The molecule has 1 N–H and O–H groups in total. The van der Waals surface area contributed by atoms with Crippen molar-refractivity contribution in [1.29, 1.82) is 0 Å². The molecule has 1 aromatic heterocycles. The number of hydrogen-bond acceptors (Lipinski definition) is 4. The molecule has 0 aliphatic carbocycles. The van der Waals surface area contributed by atoms with Crippen LogP contribution >= 0.6 is 23.4 Å². The third-order valence-electron chi connectivity index (χ3n) is 3.93. The molecule has 0 unspecified atom stereocenters. The van der Waals surface area contributed by atoms with Gasteiger partial charge < -0.3 is 4.57 Å². The number of fused-ring (bicyclic) bond motifs is 1. The zero-order chi connectivity index (χ0) is 18.8. The lowest BCUT2D eigenvalue weighted by atomic mass is 10.1. The smallest absolute Gasteiger partial charge is 0.290 e. The van der Waals surface area contributed by atoms with Gasteiger partial charge in [-0.3, -0.25) is 14.9 Å². The number of imide groups is 1. The first-order valence-corrected chi connectivity index (χ1v) is 9.24. The molecule has 0 atom stereocenters. The topological polar surface area (TPSA) is 64.0 Å². The van der Waals surface area contributed by atoms with Gasteiger partial charge in [-0.25, -0.2) is 4.98 Å². The molecular weight excluding hydrogens is 382 g/mol. The van der Waals surface area contributed by atoms with E-state index >= 15 is 0 Å². The van der Waals surface area contributed by atoms with Crippen molar-refractivity contribution in [2.75, 3.05) is 0 Å². The molecule has 1 fully saturated rings. The number of thioether (sulfide) groups is 1. The highest BCUT2D eigenvalue weighted by Crippen LogP contribution is 2.25. The van der Waals surface area contributed by atoms with Crippen molar-refractivity contribution >= 4 is 51.6 Å². The lowest BCUT2D eigenvalue weighted by Crippen LogP contribution is -2.17. The Morgan fingerprint density at radius 1 is 1.15 bits per heavy atom. The molecule has 0 bridgehead atoms. The molecule has 132 valence electrons. The number of aromatic nitrogens is 2. The second-order valence-electron chi connectivity index (χ2n) is 5.73. The zero-order valence-corrected chi connectivity index (χ0v) is 15.5. The van der Waals surface area contributed by atoms with E-state index in [1.807, 2.05) is 53.1 Å². The number of rotatable bonds is 2. The van der Waals surface area contributed by atoms with Crippen LogP contribution in [-0.4, -0.2) is 20.7 Å². The number of hydrogen-bond donors (Lipinski definition) is 1. The van der Waals surface area contributed by atoms with Gasteiger partial charge in [-0.05, 0) is 59.3 Å². The first-order valence-electron chi connectivity index (χ1n) is 8.05. The molecule has 5 nitrogen and oxygen atoms in total. The van der Waals surface area contributed by atoms with E-state index in [0.717, 1.165) is 33.9 Å². The summed E-state index contributed by atoms with van der Waals surface area (Å²) in [5.41, 5.74) is 3.46. The monoisotopic (exact) mass is 393 g/mol. The average Bonchev–Trinajstić information content (AvgIpc) is 3.14. The molecule has 7 heteroatoms. The summed E-state index contributed by atoms with van der Waals surface area (Å²) in [4.78, 5) is 27.5. The van der Waals surface area contributed by atoms with Gasteiger partial charge in [-0.2, -0.15) is 0 Å². The van der Waals surface area contributed by atoms with Gasteiger partial charge in [0, 0.05) is 5.56 Å². The van der Waals surface area contributed by atoms with Crippen LogP contribution in [-0.2, 0) is 11.3 Å². The normalized spacial score (nSPS) is 15.1. The predicted molar refractivity (Wildman–Crippen MR) is 107 cm³/mol. The predicted octanol–water partition coefficient (Wildman–Crippen LogP) is 4.07. The highest BCUT2D eigenvalue weighted by atomic mass is 35.5. The van der Waals surface area contributed by atoms with Crippen LogP contribution < -0.4 is 5.32 Å². The van der Waals surface area contributed by atoms with E-state index in [0.29, 0.717) is 16.7 Å². The molecule has 0 saturated carbocycles. The van der Waals surface area contributed by atoms with Crippen LogP contribution in [0.5, 0.6) is 0 Å². The molecule has 0 spiro atoms. The minimum atomic E-state index is -0.363. The summed E-state index contributed by atoms with van der Waals surface area (Å²) in [6.45, 7) is 0.435. The van der Waals surface area contributed by atoms with Gasteiger partial charge in [0.05, 0.1) is 22.5 Å². The summed E-state index contributed by atoms with van der Waals surface area (Å²) in [7, 11) is 0. The van der Waals surface area contributed by atoms with Gasteiger partial charge >= 0.3 is 0 Å². The maximum atomic E-state index is 11.6. The minimum Gasteiger partial charge on any atom is -0.303 e. The zero-order valence-electron chi connectivity index (χ0n) is 13.9. The standard InChI is InChI=1S/C20H12ClN3O2S/c21-19-22-15-5-1-2-6-16(15)24(19)11-3-4-13-7-9-14(10-8-13)12-17-18(25)23-20(26)27-17/h1-2,5-10,12H,11H2,(H,23,25,26). The van der Waals surface area contributed by atoms with Gasteiger partial charge in [-0.15, -0.1) is 0 Å². The van der Waals surface area contributed by atoms with Crippen molar-refractivity contribution in [1.82, 2.24) is 14.9 Å². The van der Waals surface area contributed by atoms with Crippen LogP contribution in [0.4, 0.5) is 4.79 Å². The molecule has 2 amide bonds. The number of para-hydroxylation sites is 2. The van der Waals surface area contributed by atoms with Crippen molar-refractivity contribution in [3.8, 4) is 11.8 Å². The van der Waals surface area contributed by atoms with Crippen LogP contribution in [0.1, 0.15) is 11.1 Å². The lowest BCUT2D eigenvalue weighted by Gasteiger charge is -1.99. The number of imidazole rings is 1. The number of halogens is 1. The first kappa shape index (κ1) is 17.4. The minimum absolute atomic E-state index is 0.348. The second-order valence-corrected chi connectivity index (χ2v) is 7.08. The van der Waals surface area contributed by atoms with E-state index in [1.165, 1.54) is 0 Å². The number of carbonyl (C=O) groups excluding carboxylic acids is 2. The first-order chi connectivity index (χ1) is 13.1. The number of nitrogens with one attached hydrogen (secondary N) is 1. The van der Waals surface area contributed by atoms with E-state index in [1.54, 1.807) is 6.08 Å². The second kappa shape index (κ2) is 7.31. The van der Waals surface area contributed by atoms with Crippen molar-refractivity contribution in [3.05, 3.63) is 69.8 Å². The molecule has 2 heterocycles. The van der Waals surface area contributed by atoms with Crippen molar-refractivity contribution in [3.63, 3.8) is 0 Å². The third kappa shape index (κ3) is 3.75. The molecular formula is C20H12ClN3O2S. The molecule has 27 heavy (non-hydrogen) atoms. The number of nitrogens with zero attached hydrogens (tertiary/aromatic N) is 2. The molecule has 1 aliphatic heterocycles. The van der Waals surface area contributed by atoms with E-state index in [2.05, 4.69) is 22.1 Å². The van der Waals surface area contributed by atoms with Crippen LogP contribution in [0.25, 0.3) is 17.1 Å². The Balaban J connectivity index is 1.50. The Kier molecular flexibility index (Phi) is 4.71. The van der Waals surface area contributed by atoms with Crippen LogP contribution in [0, 0.1) is 11.8 Å². The largest absolute Gasteiger partial charge is 0.303 e. The Labute approximate surface area is 164 Å². The third-order valence-corrected chi connectivity index (χ3v) is 5.03. The van der Waals surface area contributed by atoms with Gasteiger partial charge in [0.25, 0.3) is 11.1 Å². The fraction of sp³-hybridized carbons (Fsp3) is 0.0500. The van der Waals surface area contributed by atoms with E-state index < -0.39 is 0 Å². The lowest BCUT2D eigenvalue weighted by molar-refractivity contribution is -0.115. The van der Waals surface area contributed by atoms with Crippen molar-refractivity contribution in [2.45, 2.75) is 6.54 Å². The summed E-state index contributed by atoms with van der Waals surface area (Å²) in [6.07, 6.45) is 1.68. The summed E-state index contributed by atoms with van der Waals surface area (Å²) in [6, 6.07) is 15.2. The fourth-order valence-corrected chi connectivity index (χ4v) is 3.58.